The summed E-state index contributed by atoms with van der Waals surface area (Å²) in [6.07, 6.45) is 5.43. The van der Waals surface area contributed by atoms with Crippen LogP contribution in [-0.4, -0.2) is 35.9 Å². The standard InChI is InChI=1S/C21H21N5O2/c1-26(2)18-9-7-15(8-10-18)19(24-20(27)16-5-3-11-22-13-16)25-21(28)17-6-4-12-23-14-17/h3-14,19H,1-2H3,(H,24,27)(H,25,28). The van der Waals surface area contributed by atoms with Crippen LogP contribution in [0, 0.1) is 0 Å². The highest BCUT2D eigenvalue weighted by molar-refractivity contribution is 5.96. The number of aromatic nitrogens is 2. The van der Waals surface area contributed by atoms with Crippen LogP contribution < -0.4 is 15.5 Å². The predicted molar refractivity (Wildman–Crippen MR) is 107 cm³/mol. The van der Waals surface area contributed by atoms with Gasteiger partial charge in [-0.1, -0.05) is 12.1 Å². The Kier molecular flexibility index (Phi) is 5.96. The van der Waals surface area contributed by atoms with Crippen molar-refractivity contribution in [3.8, 4) is 0 Å². The first kappa shape index (κ1) is 19.0. The predicted octanol–water partition coefficient (Wildman–Crippen LogP) is 2.40. The van der Waals surface area contributed by atoms with E-state index in [2.05, 4.69) is 20.6 Å². The second kappa shape index (κ2) is 8.77. The molecular weight excluding hydrogens is 354 g/mol. The fraction of sp³-hybridized carbons (Fsp3) is 0.143. The topological polar surface area (TPSA) is 87.2 Å². The maximum Gasteiger partial charge on any atom is 0.254 e. The normalized spacial score (nSPS) is 10.4. The number of hydrogen-bond acceptors (Lipinski definition) is 5. The van der Waals surface area contributed by atoms with Gasteiger partial charge in [-0.15, -0.1) is 0 Å². The number of rotatable bonds is 6. The average Bonchev–Trinajstić information content (AvgIpc) is 2.74. The van der Waals surface area contributed by atoms with Crippen LogP contribution in [0.2, 0.25) is 0 Å². The van der Waals surface area contributed by atoms with Crippen molar-refractivity contribution >= 4 is 17.5 Å². The van der Waals surface area contributed by atoms with E-state index in [1.807, 2.05) is 43.3 Å². The Hall–Kier alpha value is -3.74. The Balaban J connectivity index is 1.84. The molecule has 142 valence electrons. The lowest BCUT2D eigenvalue weighted by Crippen LogP contribution is -2.41. The molecule has 7 nitrogen and oxygen atoms in total. The molecule has 2 aromatic heterocycles. The van der Waals surface area contributed by atoms with Crippen LogP contribution in [-0.2, 0) is 0 Å². The fourth-order valence-corrected chi connectivity index (χ4v) is 2.59. The Bertz CT molecular complexity index is 875. The highest BCUT2D eigenvalue weighted by Gasteiger charge is 2.19. The molecule has 0 bridgehead atoms. The largest absolute Gasteiger partial charge is 0.378 e. The number of amides is 2. The molecular formula is C21H21N5O2. The van der Waals surface area contributed by atoms with E-state index in [0.717, 1.165) is 11.3 Å². The van der Waals surface area contributed by atoms with Crippen LogP contribution in [0.15, 0.2) is 73.3 Å². The molecule has 2 heterocycles. The summed E-state index contributed by atoms with van der Waals surface area (Å²) in [6.45, 7) is 0. The van der Waals surface area contributed by atoms with Crippen LogP contribution >= 0.6 is 0 Å². The van der Waals surface area contributed by atoms with Gasteiger partial charge in [0.05, 0.1) is 11.1 Å². The van der Waals surface area contributed by atoms with Crippen molar-refractivity contribution in [1.29, 1.82) is 0 Å². The summed E-state index contributed by atoms with van der Waals surface area (Å²) < 4.78 is 0. The Labute approximate surface area is 163 Å². The van der Waals surface area contributed by atoms with Crippen LogP contribution in [0.5, 0.6) is 0 Å². The molecule has 3 rings (SSSR count). The van der Waals surface area contributed by atoms with Crippen LogP contribution in [0.1, 0.15) is 32.4 Å². The summed E-state index contributed by atoms with van der Waals surface area (Å²) in [4.78, 5) is 35.1. The van der Waals surface area contributed by atoms with Crippen LogP contribution in [0.4, 0.5) is 5.69 Å². The summed E-state index contributed by atoms with van der Waals surface area (Å²) in [6, 6.07) is 14.3. The van der Waals surface area contributed by atoms with Gasteiger partial charge >= 0.3 is 0 Å². The molecule has 0 aliphatic rings. The molecule has 1 aromatic carbocycles. The second-order valence-corrected chi connectivity index (χ2v) is 6.35. The van der Waals surface area contributed by atoms with Crippen molar-refractivity contribution in [3.63, 3.8) is 0 Å². The van der Waals surface area contributed by atoms with Gasteiger partial charge in [0.2, 0.25) is 0 Å². The molecule has 28 heavy (non-hydrogen) atoms. The molecule has 0 aliphatic heterocycles. The van der Waals surface area contributed by atoms with Crippen molar-refractivity contribution < 1.29 is 9.59 Å². The summed E-state index contributed by atoms with van der Waals surface area (Å²) in [5, 5.41) is 5.71. The van der Waals surface area contributed by atoms with Crippen molar-refractivity contribution in [2.24, 2.45) is 0 Å². The summed E-state index contributed by atoms with van der Waals surface area (Å²) in [5.41, 5.74) is 2.58. The smallest absolute Gasteiger partial charge is 0.254 e. The van der Waals surface area contributed by atoms with Crippen LogP contribution in [0.25, 0.3) is 0 Å². The van der Waals surface area contributed by atoms with Gasteiger partial charge in [0.1, 0.15) is 6.17 Å². The number of hydrogen-bond donors (Lipinski definition) is 2. The van der Waals surface area contributed by atoms with Crippen molar-refractivity contribution in [2.45, 2.75) is 6.17 Å². The van der Waals surface area contributed by atoms with Gasteiger partial charge in [0, 0.05) is 44.6 Å². The molecule has 0 aliphatic carbocycles. The zero-order valence-corrected chi connectivity index (χ0v) is 15.7. The number of pyridine rings is 2. The number of carbonyl (C=O) groups excluding carboxylic acids is 2. The fourth-order valence-electron chi connectivity index (χ4n) is 2.59. The third-order valence-electron chi connectivity index (χ3n) is 4.14. The minimum absolute atomic E-state index is 0.332. The van der Waals surface area contributed by atoms with Gasteiger partial charge in [-0.2, -0.15) is 0 Å². The van der Waals surface area contributed by atoms with Gasteiger partial charge in [-0.05, 0) is 42.0 Å². The monoisotopic (exact) mass is 375 g/mol. The minimum Gasteiger partial charge on any atom is -0.378 e. The Morgan fingerprint density at radius 2 is 1.32 bits per heavy atom. The second-order valence-electron chi connectivity index (χ2n) is 6.35. The highest BCUT2D eigenvalue weighted by atomic mass is 16.2. The minimum atomic E-state index is -0.711. The molecule has 2 amide bonds. The number of benzene rings is 1. The third-order valence-corrected chi connectivity index (χ3v) is 4.14. The van der Waals surface area contributed by atoms with E-state index in [4.69, 9.17) is 0 Å². The number of carbonyl (C=O) groups is 2. The molecule has 0 saturated heterocycles. The molecule has 0 atom stereocenters. The Morgan fingerprint density at radius 1 is 0.821 bits per heavy atom. The summed E-state index contributed by atoms with van der Waals surface area (Å²) >= 11 is 0. The summed E-state index contributed by atoms with van der Waals surface area (Å²) in [5.74, 6) is -0.664. The van der Waals surface area contributed by atoms with Gasteiger partial charge in [-0.25, -0.2) is 0 Å². The van der Waals surface area contributed by atoms with Crippen molar-refractivity contribution in [1.82, 2.24) is 20.6 Å². The first-order valence-corrected chi connectivity index (χ1v) is 8.73. The molecule has 0 spiro atoms. The van der Waals surface area contributed by atoms with Crippen molar-refractivity contribution in [2.75, 3.05) is 19.0 Å². The molecule has 2 N–H and O–H groups in total. The lowest BCUT2D eigenvalue weighted by molar-refractivity contribution is 0.0883. The van der Waals surface area contributed by atoms with Crippen molar-refractivity contribution in [3.05, 3.63) is 90.0 Å². The SMILES string of the molecule is CN(C)c1ccc(C(NC(=O)c2cccnc2)NC(=O)c2cccnc2)cc1. The molecule has 7 heteroatoms. The van der Waals surface area contributed by atoms with Gasteiger partial charge in [-0.3, -0.25) is 19.6 Å². The summed E-state index contributed by atoms with van der Waals surface area (Å²) in [7, 11) is 3.89. The molecule has 0 fully saturated rings. The van der Waals surface area contributed by atoms with Gasteiger partial charge in [0.25, 0.3) is 11.8 Å². The average molecular weight is 375 g/mol. The first-order chi connectivity index (χ1) is 13.5. The van der Waals surface area contributed by atoms with Gasteiger partial charge < -0.3 is 15.5 Å². The lowest BCUT2D eigenvalue weighted by Gasteiger charge is -2.22. The van der Waals surface area contributed by atoms with Crippen LogP contribution in [0.3, 0.4) is 0 Å². The Morgan fingerprint density at radius 3 is 1.71 bits per heavy atom. The number of nitrogens with zero attached hydrogens (tertiary/aromatic N) is 3. The lowest BCUT2D eigenvalue weighted by atomic mass is 10.1. The van der Waals surface area contributed by atoms with E-state index in [9.17, 15) is 9.59 Å². The molecule has 0 radical (unpaired) electrons. The quantitative estimate of drug-likeness (QED) is 0.646. The zero-order chi connectivity index (χ0) is 19.9. The number of anilines is 1. The number of nitrogens with one attached hydrogen (secondary N) is 2. The van der Waals surface area contributed by atoms with E-state index >= 15 is 0 Å². The zero-order valence-electron chi connectivity index (χ0n) is 15.7. The first-order valence-electron chi connectivity index (χ1n) is 8.73. The highest BCUT2D eigenvalue weighted by Crippen LogP contribution is 2.17. The van der Waals surface area contributed by atoms with Gasteiger partial charge in [0.15, 0.2) is 0 Å². The third kappa shape index (κ3) is 4.70. The maximum atomic E-state index is 12.6. The van der Waals surface area contributed by atoms with E-state index in [1.165, 1.54) is 12.4 Å². The van der Waals surface area contributed by atoms with E-state index in [-0.39, 0.29) is 11.8 Å². The van der Waals surface area contributed by atoms with E-state index < -0.39 is 6.17 Å². The maximum absolute atomic E-state index is 12.6. The molecule has 0 unspecified atom stereocenters. The van der Waals surface area contributed by atoms with E-state index in [1.54, 1.807) is 36.7 Å². The molecule has 3 aromatic rings. The molecule has 0 saturated carbocycles. The van der Waals surface area contributed by atoms with E-state index in [0.29, 0.717) is 11.1 Å².